The van der Waals surface area contributed by atoms with Crippen LogP contribution in [0.1, 0.15) is 22.3 Å². The first-order chi connectivity index (χ1) is 27.2. The molecule has 2 amide bonds. The molecule has 1 heterocycles. The molecule has 1 fully saturated rings. The minimum Gasteiger partial charge on any atom is -0.394 e. The molecule has 15 N–H and O–H groups in total. The van der Waals surface area contributed by atoms with E-state index in [0.29, 0.717) is 12.1 Å². The van der Waals surface area contributed by atoms with Gasteiger partial charge in [0.25, 0.3) is 0 Å². The molecule has 2 aromatic carbocycles. The summed E-state index contributed by atoms with van der Waals surface area (Å²) in [6.45, 7) is -2.83. The van der Waals surface area contributed by atoms with Gasteiger partial charge in [0.15, 0.2) is 0 Å². The predicted octanol–water partition coefficient (Wildman–Crippen LogP) is -2.46. The van der Waals surface area contributed by atoms with Crippen LogP contribution in [-0.2, 0) is 33.8 Å². The number of aliphatic hydroxyl groups excluding tert-OH is 10. The third kappa shape index (κ3) is 16.0. The normalized spacial score (nSPS) is 20.1. The number of urea groups is 1. The molecule has 1 aliphatic heterocycles. The molecular weight excluding hydrogens is 837 g/mol. The lowest BCUT2D eigenvalue weighted by molar-refractivity contribution is -0.143. The zero-order valence-electron chi connectivity index (χ0n) is 31.4. The van der Waals surface area contributed by atoms with Gasteiger partial charge in [-0.1, -0.05) is 30.3 Å². The van der Waals surface area contributed by atoms with Crippen molar-refractivity contribution in [3.63, 3.8) is 0 Å². The minimum atomic E-state index is -5.18. The van der Waals surface area contributed by atoms with Gasteiger partial charge in [-0.2, -0.15) is 26.3 Å². The maximum Gasteiger partial charge on any atom is 0.434 e. The van der Waals surface area contributed by atoms with Crippen molar-refractivity contribution in [3.8, 4) is 0 Å². The van der Waals surface area contributed by atoms with E-state index in [1.165, 1.54) is 24.3 Å². The zero-order chi connectivity index (χ0) is 45.5. The highest BCUT2D eigenvalue weighted by Crippen LogP contribution is 2.51. The SMILES string of the molecule is CNC[C@H](O)[C@@H](O)[C@H](O)[C@H](O)CO.CNC[C@H](O)[C@@H](O)[C@H](O)[C@H](O)CO.O=C1NC[C@@](COCc2cc(C(F)(F)F)cc(C(F)(F)F)c2)(c2ccccc2)N1P(=O)(O)O. The molecule has 9 atom stereocenters. The van der Waals surface area contributed by atoms with Crippen LogP contribution in [0.5, 0.6) is 0 Å². The lowest BCUT2D eigenvalue weighted by atomic mass is 9.91. The van der Waals surface area contributed by atoms with E-state index >= 15 is 0 Å². The summed E-state index contributed by atoms with van der Waals surface area (Å²) in [4.78, 5) is 31.6. The fourth-order valence-corrected chi connectivity index (χ4v) is 6.38. The van der Waals surface area contributed by atoms with Gasteiger partial charge in [0.2, 0.25) is 0 Å². The number of nitrogens with zero attached hydrogens (tertiary/aromatic N) is 1. The smallest absolute Gasteiger partial charge is 0.394 e. The van der Waals surface area contributed by atoms with Gasteiger partial charge < -0.3 is 81.5 Å². The third-order valence-corrected chi connectivity index (χ3v) is 9.52. The van der Waals surface area contributed by atoms with Crippen LogP contribution in [-0.4, -0.2) is 174 Å². The fourth-order valence-electron chi connectivity index (χ4n) is 5.33. The Kier molecular flexibility index (Phi) is 21.8. The number of carbonyl (C=O) groups is 1. The Labute approximate surface area is 333 Å². The van der Waals surface area contributed by atoms with Gasteiger partial charge >= 0.3 is 26.1 Å². The van der Waals surface area contributed by atoms with Crippen molar-refractivity contribution in [2.45, 2.75) is 73.3 Å². The predicted molar refractivity (Wildman–Crippen MR) is 192 cm³/mol. The summed E-state index contributed by atoms with van der Waals surface area (Å²) in [6, 6.07) is 7.42. The number of alkyl halides is 6. The summed E-state index contributed by atoms with van der Waals surface area (Å²) in [6.07, 6.45) is -21.4. The average molecular weight is 889 g/mol. The highest BCUT2D eigenvalue weighted by atomic mass is 31.2. The van der Waals surface area contributed by atoms with E-state index in [2.05, 4.69) is 16.0 Å². The van der Waals surface area contributed by atoms with E-state index in [9.17, 15) is 55.7 Å². The lowest BCUT2D eigenvalue weighted by Crippen LogP contribution is -2.48. The molecule has 1 aliphatic rings. The molecule has 340 valence electrons. The van der Waals surface area contributed by atoms with Crippen molar-refractivity contribution in [2.24, 2.45) is 0 Å². The maximum atomic E-state index is 13.1. The van der Waals surface area contributed by atoms with Crippen LogP contribution in [0.25, 0.3) is 0 Å². The molecule has 0 aromatic heterocycles. The number of halogens is 6. The van der Waals surface area contributed by atoms with Crippen molar-refractivity contribution >= 4 is 13.8 Å². The van der Waals surface area contributed by atoms with Crippen molar-refractivity contribution in [1.29, 1.82) is 0 Å². The van der Waals surface area contributed by atoms with Crippen molar-refractivity contribution in [3.05, 3.63) is 70.8 Å². The van der Waals surface area contributed by atoms with E-state index in [1.54, 1.807) is 20.2 Å². The standard InChI is InChI=1S/C19H17F6N2O5P.2C7H17NO5/c20-18(21,22)14-6-12(7-15(8-14)19(23,24)25)9-32-11-17(13-4-2-1-3-5-13)10-26-16(28)27(17)33(29,30)31;2*1-8-2-4(10)6(12)7(13)5(11)3-9/h1-8H,9-11H2,(H,26,28)(H2,29,30,31);2*4-13H,2-3H2,1H3/t17-;2*4-,5+,6+,7+/m100/s1. The van der Waals surface area contributed by atoms with Crippen molar-refractivity contribution < 1.29 is 101 Å². The Balaban J connectivity index is 0.000000551. The Morgan fingerprint density at radius 1 is 0.746 bits per heavy atom. The van der Waals surface area contributed by atoms with E-state index in [0.717, 1.165) is 0 Å². The van der Waals surface area contributed by atoms with Crippen molar-refractivity contribution in [2.75, 3.05) is 53.6 Å². The third-order valence-electron chi connectivity index (χ3n) is 8.44. The quantitative estimate of drug-likeness (QED) is 0.0545. The molecule has 2 aromatic rings. The fraction of sp³-hybridized carbons (Fsp3) is 0.606. The molecule has 0 spiro atoms. The number of likely N-dealkylation sites (N-methyl/N-ethyl adjacent to an activating group) is 2. The number of hydrogen-bond acceptors (Lipinski definition) is 15. The number of benzene rings is 2. The van der Waals surface area contributed by atoms with Gasteiger partial charge in [-0.15, -0.1) is 0 Å². The summed E-state index contributed by atoms with van der Waals surface area (Å²) in [5, 5.41) is 97.2. The van der Waals surface area contributed by atoms with Crippen LogP contribution >= 0.6 is 7.75 Å². The summed E-state index contributed by atoms with van der Waals surface area (Å²) in [5.74, 6) is 0. The second-order valence-electron chi connectivity index (χ2n) is 13.0. The van der Waals surface area contributed by atoms with E-state index in [4.69, 9.17) is 45.6 Å². The summed E-state index contributed by atoms with van der Waals surface area (Å²) in [5.41, 5.74) is -5.02. The van der Waals surface area contributed by atoms with Gasteiger partial charge in [0.1, 0.15) is 42.2 Å². The molecule has 0 bridgehead atoms. The first-order valence-electron chi connectivity index (χ1n) is 17.2. The Morgan fingerprint density at radius 3 is 1.51 bits per heavy atom. The number of nitrogens with one attached hydrogen (secondary N) is 3. The first-order valence-corrected chi connectivity index (χ1v) is 18.8. The monoisotopic (exact) mass is 888 g/mol. The van der Waals surface area contributed by atoms with Gasteiger partial charge in [0.05, 0.1) is 49.8 Å². The summed E-state index contributed by atoms with van der Waals surface area (Å²) in [7, 11) is -2.04. The highest BCUT2D eigenvalue weighted by Gasteiger charge is 2.54. The van der Waals surface area contributed by atoms with Crippen LogP contribution in [0.3, 0.4) is 0 Å². The second-order valence-corrected chi connectivity index (χ2v) is 14.4. The van der Waals surface area contributed by atoms with Gasteiger partial charge in [-0.05, 0) is 43.4 Å². The van der Waals surface area contributed by atoms with Gasteiger partial charge in [-0.3, -0.25) is 0 Å². The molecule has 26 heteroatoms. The number of aliphatic hydroxyl groups is 10. The largest absolute Gasteiger partial charge is 0.434 e. The van der Waals surface area contributed by atoms with E-state index < -0.39 is 124 Å². The number of carbonyl (C=O) groups excluding carboxylic acids is 1. The van der Waals surface area contributed by atoms with Gasteiger partial charge in [0, 0.05) is 19.6 Å². The van der Waals surface area contributed by atoms with E-state index in [1.807, 2.05) is 0 Å². The number of rotatable bonds is 18. The van der Waals surface area contributed by atoms with Crippen LogP contribution in [0, 0.1) is 0 Å². The molecule has 3 rings (SSSR count). The first kappa shape index (κ1) is 53.9. The molecule has 0 unspecified atom stereocenters. The lowest BCUT2D eigenvalue weighted by Gasteiger charge is -2.37. The molecule has 0 radical (unpaired) electrons. The van der Waals surface area contributed by atoms with Crippen molar-refractivity contribution in [1.82, 2.24) is 20.6 Å². The van der Waals surface area contributed by atoms with Crippen LogP contribution in [0.15, 0.2) is 48.5 Å². The number of amides is 2. The van der Waals surface area contributed by atoms with Crippen LogP contribution in [0.4, 0.5) is 31.1 Å². The molecule has 0 aliphatic carbocycles. The van der Waals surface area contributed by atoms with Gasteiger partial charge in [-0.25, -0.2) is 14.0 Å². The summed E-state index contributed by atoms with van der Waals surface area (Å²) < 4.78 is 96.0. The zero-order valence-corrected chi connectivity index (χ0v) is 32.3. The van der Waals surface area contributed by atoms with Crippen LogP contribution in [0.2, 0.25) is 0 Å². The Morgan fingerprint density at radius 2 is 1.15 bits per heavy atom. The maximum absolute atomic E-state index is 13.1. The number of ether oxygens (including phenoxy) is 1. The Hall–Kier alpha value is -3.08. The second kappa shape index (κ2) is 23.8. The Bertz CT molecular complexity index is 1540. The highest BCUT2D eigenvalue weighted by molar-refractivity contribution is 7.50. The molecule has 19 nitrogen and oxygen atoms in total. The topological polar surface area (TPSA) is 325 Å². The molecule has 1 saturated heterocycles. The minimum absolute atomic E-state index is 0.0238. The number of hydrogen-bond donors (Lipinski definition) is 15. The van der Waals surface area contributed by atoms with E-state index in [-0.39, 0.29) is 35.9 Å². The molecule has 0 saturated carbocycles. The average Bonchev–Trinajstić information content (AvgIpc) is 3.53. The molecule has 59 heavy (non-hydrogen) atoms. The van der Waals surface area contributed by atoms with Crippen LogP contribution < -0.4 is 16.0 Å². The molecular formula is C33H51F6N4O15P. The summed E-state index contributed by atoms with van der Waals surface area (Å²) >= 11 is 0.